The molecule has 0 fully saturated rings. The number of nitrogens with two attached hydrogens (primary N) is 1. The minimum atomic E-state index is 0.274. The van der Waals surface area contributed by atoms with Crippen LogP contribution in [0.3, 0.4) is 0 Å². The average molecular weight is 231 g/mol. The van der Waals surface area contributed by atoms with E-state index in [-0.39, 0.29) is 5.95 Å². The topological polar surface area (TPSA) is 69.6 Å². The predicted molar refractivity (Wildman–Crippen MR) is 67.2 cm³/mol. The van der Waals surface area contributed by atoms with Crippen molar-refractivity contribution >= 4 is 5.95 Å². The Kier molecular flexibility index (Phi) is 2.83. The fraction of sp³-hybridized carbons (Fsp3) is 0.417. The Morgan fingerprint density at radius 3 is 2.59 bits per heavy atom. The van der Waals surface area contributed by atoms with E-state index in [4.69, 9.17) is 5.73 Å². The maximum atomic E-state index is 5.63. The molecule has 2 heterocycles. The van der Waals surface area contributed by atoms with Gasteiger partial charge in [0.2, 0.25) is 5.95 Å². The zero-order chi connectivity index (χ0) is 12.6. The average Bonchev–Trinajstić information content (AvgIpc) is 2.57. The van der Waals surface area contributed by atoms with Crippen molar-refractivity contribution in [2.45, 2.75) is 34.1 Å². The molecule has 0 amide bonds. The van der Waals surface area contributed by atoms with Crippen LogP contribution in [0.25, 0.3) is 5.82 Å². The molecule has 0 aromatic carbocycles. The Morgan fingerprint density at radius 1 is 1.29 bits per heavy atom. The number of nitrogens with zero attached hydrogens (tertiary/aromatic N) is 4. The molecule has 0 aliphatic heterocycles. The monoisotopic (exact) mass is 231 g/mol. The normalized spacial score (nSPS) is 10.8. The lowest BCUT2D eigenvalue weighted by Gasteiger charge is -2.07. The lowest BCUT2D eigenvalue weighted by molar-refractivity contribution is 0.794. The van der Waals surface area contributed by atoms with Crippen molar-refractivity contribution in [3.8, 4) is 5.82 Å². The third kappa shape index (κ3) is 1.88. The van der Waals surface area contributed by atoms with E-state index in [0.29, 0.717) is 0 Å². The van der Waals surface area contributed by atoms with Crippen molar-refractivity contribution in [3.63, 3.8) is 0 Å². The lowest BCUT2D eigenvalue weighted by atomic mass is 10.1. The lowest BCUT2D eigenvalue weighted by Crippen LogP contribution is -2.08. The first-order chi connectivity index (χ1) is 8.04. The molecule has 0 saturated heterocycles. The highest BCUT2D eigenvalue weighted by atomic mass is 15.3. The highest BCUT2D eigenvalue weighted by Gasteiger charge is 2.14. The largest absolute Gasteiger partial charge is 0.368 e. The Bertz CT molecular complexity index is 556. The van der Waals surface area contributed by atoms with Crippen molar-refractivity contribution in [3.05, 3.63) is 28.7 Å². The SMILES string of the molecule is CCc1c(C)nn(-c2nc(N)ncc2C)c1C. The molecule has 2 rings (SSSR count). The van der Waals surface area contributed by atoms with Crippen LogP contribution in [0.2, 0.25) is 0 Å². The first-order valence-electron chi connectivity index (χ1n) is 5.69. The van der Waals surface area contributed by atoms with Crippen molar-refractivity contribution < 1.29 is 0 Å². The molecule has 0 saturated carbocycles. The minimum absolute atomic E-state index is 0.274. The smallest absolute Gasteiger partial charge is 0.222 e. The Hall–Kier alpha value is -1.91. The summed E-state index contributed by atoms with van der Waals surface area (Å²) in [7, 11) is 0. The molecule has 0 bridgehead atoms. The highest BCUT2D eigenvalue weighted by molar-refractivity contribution is 5.39. The minimum Gasteiger partial charge on any atom is -0.368 e. The zero-order valence-corrected chi connectivity index (χ0v) is 10.7. The van der Waals surface area contributed by atoms with Gasteiger partial charge in [-0.25, -0.2) is 9.67 Å². The van der Waals surface area contributed by atoms with Gasteiger partial charge >= 0.3 is 0 Å². The first-order valence-corrected chi connectivity index (χ1v) is 5.69. The van der Waals surface area contributed by atoms with E-state index in [1.165, 1.54) is 5.56 Å². The second-order valence-corrected chi connectivity index (χ2v) is 4.15. The van der Waals surface area contributed by atoms with Crippen LogP contribution in [-0.2, 0) is 6.42 Å². The molecule has 0 atom stereocenters. The molecule has 2 aromatic heterocycles. The van der Waals surface area contributed by atoms with Gasteiger partial charge in [-0.05, 0) is 32.8 Å². The molecule has 17 heavy (non-hydrogen) atoms. The molecule has 0 unspecified atom stereocenters. The van der Waals surface area contributed by atoms with Crippen LogP contribution in [0.15, 0.2) is 6.20 Å². The molecule has 5 nitrogen and oxygen atoms in total. The van der Waals surface area contributed by atoms with E-state index in [1.54, 1.807) is 6.20 Å². The molecule has 0 aliphatic carbocycles. The predicted octanol–water partition coefficient (Wildman–Crippen LogP) is 1.73. The standard InChI is InChI=1S/C12H17N5/c1-5-10-8(3)16-17(9(10)4)11-7(2)6-14-12(13)15-11/h6H,5H2,1-4H3,(H2,13,14,15). The number of aryl methyl sites for hydroxylation is 2. The number of hydrogen-bond acceptors (Lipinski definition) is 4. The first kappa shape index (κ1) is 11.6. The molecule has 2 N–H and O–H groups in total. The second-order valence-electron chi connectivity index (χ2n) is 4.15. The van der Waals surface area contributed by atoms with Crippen molar-refractivity contribution in [1.29, 1.82) is 0 Å². The summed E-state index contributed by atoms with van der Waals surface area (Å²) < 4.78 is 1.85. The summed E-state index contributed by atoms with van der Waals surface area (Å²) >= 11 is 0. The van der Waals surface area contributed by atoms with Crippen molar-refractivity contribution in [1.82, 2.24) is 19.7 Å². The van der Waals surface area contributed by atoms with E-state index in [1.807, 2.05) is 18.5 Å². The fourth-order valence-electron chi connectivity index (χ4n) is 2.05. The Morgan fingerprint density at radius 2 is 2.00 bits per heavy atom. The van der Waals surface area contributed by atoms with Crippen LogP contribution in [0.4, 0.5) is 5.95 Å². The number of aromatic nitrogens is 4. The second kappa shape index (κ2) is 4.16. The van der Waals surface area contributed by atoms with Crippen LogP contribution in [-0.4, -0.2) is 19.7 Å². The molecule has 5 heteroatoms. The number of nitrogen functional groups attached to an aromatic ring is 1. The van der Waals surface area contributed by atoms with Gasteiger partial charge in [0.05, 0.1) is 5.69 Å². The third-order valence-electron chi connectivity index (χ3n) is 2.96. The summed E-state index contributed by atoms with van der Waals surface area (Å²) in [6, 6.07) is 0. The van der Waals surface area contributed by atoms with E-state index < -0.39 is 0 Å². The van der Waals surface area contributed by atoms with E-state index in [9.17, 15) is 0 Å². The van der Waals surface area contributed by atoms with Crippen molar-refractivity contribution in [2.24, 2.45) is 0 Å². The molecule has 90 valence electrons. The van der Waals surface area contributed by atoms with Gasteiger partial charge in [0.15, 0.2) is 5.82 Å². The van der Waals surface area contributed by atoms with Gasteiger partial charge in [-0.15, -0.1) is 0 Å². The summed E-state index contributed by atoms with van der Waals surface area (Å²) in [5.74, 6) is 1.04. The quantitative estimate of drug-likeness (QED) is 0.854. The summed E-state index contributed by atoms with van der Waals surface area (Å²) in [6.07, 6.45) is 2.69. The molecule has 0 radical (unpaired) electrons. The molecule has 0 aliphatic rings. The number of hydrogen-bond donors (Lipinski definition) is 1. The number of rotatable bonds is 2. The summed E-state index contributed by atoms with van der Waals surface area (Å²) in [4.78, 5) is 8.23. The van der Waals surface area contributed by atoms with Gasteiger partial charge in [-0.1, -0.05) is 6.92 Å². The molecular formula is C12H17N5. The van der Waals surface area contributed by atoms with Crippen LogP contribution in [0.5, 0.6) is 0 Å². The highest BCUT2D eigenvalue weighted by Crippen LogP contribution is 2.19. The van der Waals surface area contributed by atoms with E-state index in [0.717, 1.165) is 29.2 Å². The van der Waals surface area contributed by atoms with Crippen LogP contribution < -0.4 is 5.73 Å². The summed E-state index contributed by atoms with van der Waals surface area (Å²) in [6.45, 7) is 8.15. The van der Waals surface area contributed by atoms with Crippen molar-refractivity contribution in [2.75, 3.05) is 5.73 Å². The van der Waals surface area contributed by atoms with Gasteiger partial charge in [0, 0.05) is 17.5 Å². The maximum Gasteiger partial charge on any atom is 0.222 e. The maximum absolute atomic E-state index is 5.63. The fourth-order valence-corrected chi connectivity index (χ4v) is 2.05. The Balaban J connectivity index is 2.64. The van der Waals surface area contributed by atoms with Crippen LogP contribution in [0.1, 0.15) is 29.4 Å². The molecule has 2 aromatic rings. The third-order valence-corrected chi connectivity index (χ3v) is 2.96. The van der Waals surface area contributed by atoms with E-state index >= 15 is 0 Å². The zero-order valence-electron chi connectivity index (χ0n) is 10.7. The molecule has 0 spiro atoms. The summed E-state index contributed by atoms with van der Waals surface area (Å²) in [5.41, 5.74) is 10.0. The van der Waals surface area contributed by atoms with Gasteiger partial charge in [-0.2, -0.15) is 10.1 Å². The summed E-state index contributed by atoms with van der Waals surface area (Å²) in [5, 5.41) is 4.52. The van der Waals surface area contributed by atoms with E-state index in [2.05, 4.69) is 28.9 Å². The molecular weight excluding hydrogens is 214 g/mol. The van der Waals surface area contributed by atoms with Crippen LogP contribution in [0, 0.1) is 20.8 Å². The Labute approximate surface area is 101 Å². The van der Waals surface area contributed by atoms with Gasteiger partial charge in [0.25, 0.3) is 0 Å². The van der Waals surface area contributed by atoms with Gasteiger partial charge in [0.1, 0.15) is 0 Å². The van der Waals surface area contributed by atoms with Gasteiger partial charge < -0.3 is 5.73 Å². The van der Waals surface area contributed by atoms with Gasteiger partial charge in [-0.3, -0.25) is 0 Å². The number of anilines is 1. The van der Waals surface area contributed by atoms with Crippen LogP contribution >= 0.6 is 0 Å².